The van der Waals surface area contributed by atoms with Gasteiger partial charge in [0.15, 0.2) is 18.2 Å². The quantitative estimate of drug-likeness (QED) is 0.767. The van der Waals surface area contributed by atoms with E-state index < -0.39 is 29.8 Å². The second-order valence-electron chi connectivity index (χ2n) is 5.94. The van der Waals surface area contributed by atoms with Gasteiger partial charge in [-0.05, 0) is 43.4 Å². The number of carbonyl (C=O) groups excluding carboxylic acids is 2. The first-order valence-electron chi connectivity index (χ1n) is 7.58. The first-order chi connectivity index (χ1) is 11.4. The molecule has 1 aromatic rings. The summed E-state index contributed by atoms with van der Waals surface area (Å²) in [5.74, 6) is -1.53. The van der Waals surface area contributed by atoms with Crippen LogP contribution in [0.25, 0.3) is 0 Å². The minimum Gasteiger partial charge on any atom is -0.494 e. The molecule has 2 rings (SSSR count). The predicted octanol–water partition coefficient (Wildman–Crippen LogP) is 1.73. The highest BCUT2D eigenvalue weighted by Gasteiger charge is 2.43. The molecule has 7 heteroatoms. The van der Waals surface area contributed by atoms with E-state index in [1.54, 1.807) is 13.0 Å². The summed E-state index contributed by atoms with van der Waals surface area (Å²) >= 11 is 0. The average molecular weight is 334 g/mol. The van der Waals surface area contributed by atoms with Crippen molar-refractivity contribution in [1.29, 1.82) is 5.26 Å². The molecule has 24 heavy (non-hydrogen) atoms. The number of nitrogens with zero attached hydrogens (tertiary/aromatic N) is 1. The number of carbonyl (C=O) groups is 2. The van der Waals surface area contributed by atoms with Gasteiger partial charge in [-0.1, -0.05) is 6.07 Å². The van der Waals surface area contributed by atoms with Crippen LogP contribution in [0.5, 0.6) is 5.75 Å². The lowest BCUT2D eigenvalue weighted by Crippen LogP contribution is -2.48. The molecule has 0 saturated heterocycles. The topological polar surface area (TPSA) is 88.4 Å². The Labute approximate surface area is 139 Å². The van der Waals surface area contributed by atoms with Gasteiger partial charge in [0.2, 0.25) is 0 Å². The lowest BCUT2D eigenvalue weighted by molar-refractivity contribution is -0.148. The molecule has 6 nitrogen and oxygen atoms in total. The summed E-state index contributed by atoms with van der Waals surface area (Å²) in [6.45, 7) is 1.19. The number of ether oxygens (including phenoxy) is 2. The Hall–Kier alpha value is -2.62. The van der Waals surface area contributed by atoms with E-state index in [1.165, 1.54) is 19.2 Å². The molecule has 1 atom stereocenters. The van der Waals surface area contributed by atoms with Gasteiger partial charge in [0.25, 0.3) is 5.91 Å². The number of rotatable bonds is 7. The molecule has 1 fully saturated rings. The van der Waals surface area contributed by atoms with Gasteiger partial charge in [0.1, 0.15) is 5.54 Å². The highest BCUT2D eigenvalue weighted by molar-refractivity contribution is 5.82. The summed E-state index contributed by atoms with van der Waals surface area (Å²) in [4.78, 5) is 23.6. The fourth-order valence-electron chi connectivity index (χ4n) is 2.39. The van der Waals surface area contributed by atoms with Crippen molar-refractivity contribution in [2.45, 2.75) is 31.7 Å². The zero-order valence-electron chi connectivity index (χ0n) is 13.6. The second-order valence-corrected chi connectivity index (χ2v) is 5.94. The van der Waals surface area contributed by atoms with Crippen LogP contribution in [0.3, 0.4) is 0 Å². The van der Waals surface area contributed by atoms with E-state index in [0.29, 0.717) is 5.56 Å². The van der Waals surface area contributed by atoms with Crippen LogP contribution in [0.4, 0.5) is 4.39 Å². The normalized spacial score (nSPS) is 15.8. The van der Waals surface area contributed by atoms with Crippen LogP contribution in [0.15, 0.2) is 18.2 Å². The summed E-state index contributed by atoms with van der Waals surface area (Å²) < 4.78 is 23.2. The number of hydrogen-bond donors (Lipinski definition) is 1. The maximum Gasteiger partial charge on any atom is 0.310 e. The number of halogens is 1. The highest BCUT2D eigenvalue weighted by Crippen LogP contribution is 2.39. The summed E-state index contributed by atoms with van der Waals surface area (Å²) in [6, 6.07) is 6.23. The van der Waals surface area contributed by atoms with Gasteiger partial charge in [0, 0.05) is 0 Å². The van der Waals surface area contributed by atoms with Gasteiger partial charge < -0.3 is 14.8 Å². The molecule has 0 bridgehead atoms. The van der Waals surface area contributed by atoms with E-state index in [4.69, 9.17) is 14.7 Å². The van der Waals surface area contributed by atoms with Crippen molar-refractivity contribution in [2.75, 3.05) is 13.7 Å². The Morgan fingerprint density at radius 2 is 2.17 bits per heavy atom. The third-order valence-corrected chi connectivity index (χ3v) is 3.95. The monoisotopic (exact) mass is 334 g/mol. The third kappa shape index (κ3) is 4.44. The number of methoxy groups -OCH3 is 1. The average Bonchev–Trinajstić information content (AvgIpc) is 3.38. The molecule has 0 aliphatic heterocycles. The Morgan fingerprint density at radius 1 is 1.46 bits per heavy atom. The van der Waals surface area contributed by atoms with Crippen LogP contribution in [0, 0.1) is 23.1 Å². The Bertz CT molecular complexity index is 682. The van der Waals surface area contributed by atoms with E-state index in [1.807, 2.05) is 0 Å². The van der Waals surface area contributed by atoms with Gasteiger partial charge in [-0.25, -0.2) is 4.39 Å². The maximum absolute atomic E-state index is 13.5. The number of amides is 1. The Morgan fingerprint density at radius 3 is 2.71 bits per heavy atom. The van der Waals surface area contributed by atoms with Crippen molar-refractivity contribution < 1.29 is 23.5 Å². The van der Waals surface area contributed by atoms with Crippen molar-refractivity contribution in [1.82, 2.24) is 5.32 Å². The maximum atomic E-state index is 13.5. The Kier molecular flexibility index (Phi) is 5.39. The summed E-state index contributed by atoms with van der Waals surface area (Å²) in [6.07, 6.45) is 1.63. The van der Waals surface area contributed by atoms with Gasteiger partial charge >= 0.3 is 5.97 Å². The van der Waals surface area contributed by atoms with Crippen LogP contribution in [0.2, 0.25) is 0 Å². The first-order valence-corrected chi connectivity index (χ1v) is 7.58. The van der Waals surface area contributed by atoms with Gasteiger partial charge in [0.05, 0.1) is 19.6 Å². The van der Waals surface area contributed by atoms with Gasteiger partial charge in [-0.15, -0.1) is 0 Å². The van der Waals surface area contributed by atoms with E-state index >= 15 is 0 Å². The molecule has 1 aromatic carbocycles. The van der Waals surface area contributed by atoms with E-state index in [9.17, 15) is 14.0 Å². The molecule has 128 valence electrons. The largest absolute Gasteiger partial charge is 0.494 e. The SMILES string of the molecule is COc1ccc(CC(=O)OCC(=O)N[C@](C)(C#N)C2CC2)cc1F. The molecule has 0 radical (unpaired) electrons. The zero-order chi connectivity index (χ0) is 17.7. The van der Waals surface area contributed by atoms with Crippen molar-refractivity contribution >= 4 is 11.9 Å². The van der Waals surface area contributed by atoms with Crippen molar-refractivity contribution in [3.63, 3.8) is 0 Å². The Balaban J connectivity index is 1.81. The minimum absolute atomic E-state index is 0.0855. The molecule has 0 unspecified atom stereocenters. The number of nitrogens with one attached hydrogen (secondary N) is 1. The first kappa shape index (κ1) is 17.7. The molecule has 1 aliphatic carbocycles. The fourth-order valence-corrected chi connectivity index (χ4v) is 2.39. The lowest BCUT2D eigenvalue weighted by atomic mass is 9.98. The fraction of sp³-hybridized carbons (Fsp3) is 0.471. The number of esters is 1. The summed E-state index contributed by atoms with van der Waals surface area (Å²) in [5, 5.41) is 11.8. The number of hydrogen-bond acceptors (Lipinski definition) is 5. The number of nitriles is 1. The molecule has 0 aromatic heterocycles. The molecule has 1 saturated carbocycles. The third-order valence-electron chi connectivity index (χ3n) is 3.95. The molecule has 1 amide bonds. The van der Waals surface area contributed by atoms with Crippen LogP contribution < -0.4 is 10.1 Å². The summed E-state index contributed by atoms with van der Waals surface area (Å²) in [7, 11) is 1.35. The molecular weight excluding hydrogens is 315 g/mol. The van der Waals surface area contributed by atoms with E-state index in [-0.39, 0.29) is 18.1 Å². The lowest BCUT2D eigenvalue weighted by Gasteiger charge is -2.22. The smallest absolute Gasteiger partial charge is 0.310 e. The predicted molar refractivity (Wildman–Crippen MR) is 82.5 cm³/mol. The second kappa shape index (κ2) is 7.30. The van der Waals surface area contributed by atoms with E-state index in [0.717, 1.165) is 12.8 Å². The van der Waals surface area contributed by atoms with Crippen molar-refractivity contribution in [3.05, 3.63) is 29.6 Å². The van der Waals surface area contributed by atoms with Crippen molar-refractivity contribution in [3.8, 4) is 11.8 Å². The van der Waals surface area contributed by atoms with Crippen LogP contribution >= 0.6 is 0 Å². The number of benzene rings is 1. The summed E-state index contributed by atoms with van der Waals surface area (Å²) in [5.41, 5.74) is -0.513. The highest BCUT2D eigenvalue weighted by atomic mass is 19.1. The van der Waals surface area contributed by atoms with Gasteiger partial charge in [-0.2, -0.15) is 5.26 Å². The van der Waals surface area contributed by atoms with E-state index in [2.05, 4.69) is 11.4 Å². The van der Waals surface area contributed by atoms with Gasteiger partial charge in [-0.3, -0.25) is 9.59 Å². The van der Waals surface area contributed by atoms with Crippen LogP contribution in [-0.4, -0.2) is 31.1 Å². The van der Waals surface area contributed by atoms with Crippen LogP contribution in [0.1, 0.15) is 25.3 Å². The minimum atomic E-state index is -0.928. The molecule has 1 N–H and O–H groups in total. The van der Waals surface area contributed by atoms with Crippen molar-refractivity contribution in [2.24, 2.45) is 5.92 Å². The molecule has 0 spiro atoms. The molecule has 1 aliphatic rings. The molecular formula is C17H19FN2O4. The molecule has 0 heterocycles. The van der Waals surface area contributed by atoms with Crippen LogP contribution in [-0.2, 0) is 20.7 Å². The standard InChI is InChI=1S/C17H19FN2O4/c1-17(10-19,12-4-5-12)20-15(21)9-24-16(22)8-11-3-6-14(23-2)13(18)7-11/h3,6-7,12H,4-5,8-9H2,1-2H3,(H,20,21)/t17-/m1/s1. The zero-order valence-corrected chi connectivity index (χ0v) is 13.6.